The Kier molecular flexibility index (Phi) is 5.91. The van der Waals surface area contributed by atoms with Crippen LogP contribution in [-0.4, -0.2) is 29.5 Å². The van der Waals surface area contributed by atoms with E-state index in [1.807, 2.05) is 25.1 Å². The van der Waals surface area contributed by atoms with Gasteiger partial charge in [0.05, 0.1) is 25.2 Å². The van der Waals surface area contributed by atoms with E-state index in [1.165, 1.54) is 12.4 Å². The van der Waals surface area contributed by atoms with Crippen LogP contribution in [0.3, 0.4) is 0 Å². The van der Waals surface area contributed by atoms with Gasteiger partial charge in [-0.05, 0) is 31.0 Å². The summed E-state index contributed by atoms with van der Waals surface area (Å²) in [6.45, 7) is 4.73. The van der Waals surface area contributed by atoms with E-state index in [2.05, 4.69) is 27.5 Å². The Morgan fingerprint density at radius 3 is 2.74 bits per heavy atom. The molecule has 0 radical (unpaired) electrons. The summed E-state index contributed by atoms with van der Waals surface area (Å²) in [5, 5.41) is 5.97. The highest BCUT2D eigenvalue weighted by atomic mass is 16.5. The van der Waals surface area contributed by atoms with Crippen molar-refractivity contribution in [2.45, 2.75) is 26.7 Å². The summed E-state index contributed by atoms with van der Waals surface area (Å²) in [7, 11) is 1.62. The lowest BCUT2D eigenvalue weighted by Crippen LogP contribution is -2.25. The standard InChI is InChI=1S/C17H22N4O2/c1-4-5-8-18-17(22)14-10-20-16(11-19-14)21-13-9-12(2)6-7-15(13)23-3/h6-7,9-11H,4-5,8H2,1-3H3,(H,18,22)(H,20,21). The van der Waals surface area contributed by atoms with Gasteiger partial charge in [-0.1, -0.05) is 19.4 Å². The highest BCUT2D eigenvalue weighted by Crippen LogP contribution is 2.27. The number of anilines is 2. The summed E-state index contributed by atoms with van der Waals surface area (Å²) in [6.07, 6.45) is 4.99. The average Bonchev–Trinajstić information content (AvgIpc) is 2.56. The van der Waals surface area contributed by atoms with Crippen LogP contribution in [0.25, 0.3) is 0 Å². The van der Waals surface area contributed by atoms with E-state index in [4.69, 9.17) is 4.74 Å². The summed E-state index contributed by atoms with van der Waals surface area (Å²) in [5.74, 6) is 1.07. The highest BCUT2D eigenvalue weighted by molar-refractivity contribution is 5.92. The second-order valence-electron chi connectivity index (χ2n) is 5.23. The molecule has 6 heteroatoms. The molecule has 0 saturated heterocycles. The molecule has 0 fully saturated rings. The highest BCUT2D eigenvalue weighted by Gasteiger charge is 2.08. The number of nitrogens with one attached hydrogen (secondary N) is 2. The maximum absolute atomic E-state index is 11.9. The van der Waals surface area contributed by atoms with Crippen molar-refractivity contribution in [1.82, 2.24) is 15.3 Å². The minimum atomic E-state index is -0.203. The van der Waals surface area contributed by atoms with Gasteiger partial charge < -0.3 is 15.4 Å². The minimum absolute atomic E-state index is 0.203. The number of methoxy groups -OCH3 is 1. The molecule has 0 aliphatic rings. The number of hydrogen-bond donors (Lipinski definition) is 2. The van der Waals surface area contributed by atoms with Crippen LogP contribution in [0.4, 0.5) is 11.5 Å². The predicted octanol–water partition coefficient (Wildman–Crippen LogP) is 3.07. The number of hydrogen-bond acceptors (Lipinski definition) is 5. The van der Waals surface area contributed by atoms with Gasteiger partial charge in [-0.15, -0.1) is 0 Å². The third kappa shape index (κ3) is 4.67. The molecule has 0 atom stereocenters. The molecule has 0 saturated carbocycles. The fraction of sp³-hybridized carbons (Fsp3) is 0.353. The molecule has 1 amide bonds. The van der Waals surface area contributed by atoms with Crippen LogP contribution in [-0.2, 0) is 0 Å². The quantitative estimate of drug-likeness (QED) is 0.768. The largest absolute Gasteiger partial charge is 0.495 e. The number of carbonyl (C=O) groups is 1. The average molecular weight is 314 g/mol. The Labute approximate surface area is 136 Å². The molecule has 6 nitrogen and oxygen atoms in total. The zero-order chi connectivity index (χ0) is 16.7. The first-order chi connectivity index (χ1) is 11.1. The topological polar surface area (TPSA) is 76.1 Å². The molecular weight excluding hydrogens is 292 g/mol. The van der Waals surface area contributed by atoms with E-state index in [-0.39, 0.29) is 5.91 Å². The molecule has 23 heavy (non-hydrogen) atoms. The predicted molar refractivity (Wildman–Crippen MR) is 90.3 cm³/mol. The van der Waals surface area contributed by atoms with Crippen molar-refractivity contribution in [2.75, 3.05) is 19.0 Å². The molecule has 2 aromatic rings. The first-order valence-corrected chi connectivity index (χ1v) is 7.66. The van der Waals surface area contributed by atoms with Gasteiger partial charge in [-0.25, -0.2) is 9.97 Å². The lowest BCUT2D eigenvalue weighted by atomic mass is 10.2. The molecule has 122 valence electrons. The van der Waals surface area contributed by atoms with Crippen molar-refractivity contribution in [3.8, 4) is 5.75 Å². The normalized spacial score (nSPS) is 10.2. The van der Waals surface area contributed by atoms with Crippen LogP contribution < -0.4 is 15.4 Å². The third-order valence-electron chi connectivity index (χ3n) is 3.32. The second-order valence-corrected chi connectivity index (χ2v) is 5.23. The molecule has 1 aromatic heterocycles. The number of aromatic nitrogens is 2. The first kappa shape index (κ1) is 16.7. The molecule has 1 heterocycles. The molecule has 0 aliphatic carbocycles. The van der Waals surface area contributed by atoms with Crippen LogP contribution >= 0.6 is 0 Å². The van der Waals surface area contributed by atoms with E-state index < -0.39 is 0 Å². The van der Waals surface area contributed by atoms with Crippen LogP contribution in [0.5, 0.6) is 5.75 Å². The van der Waals surface area contributed by atoms with Crippen molar-refractivity contribution in [2.24, 2.45) is 0 Å². The van der Waals surface area contributed by atoms with Gasteiger partial charge in [0.15, 0.2) is 0 Å². The first-order valence-electron chi connectivity index (χ1n) is 7.66. The van der Waals surface area contributed by atoms with Crippen molar-refractivity contribution < 1.29 is 9.53 Å². The van der Waals surface area contributed by atoms with Gasteiger partial charge in [-0.3, -0.25) is 4.79 Å². The van der Waals surface area contributed by atoms with Gasteiger partial charge in [0, 0.05) is 6.54 Å². The second kappa shape index (κ2) is 8.12. The van der Waals surface area contributed by atoms with E-state index in [0.717, 1.165) is 29.8 Å². The SMILES string of the molecule is CCCCNC(=O)c1cnc(Nc2cc(C)ccc2OC)cn1. The monoisotopic (exact) mass is 314 g/mol. The van der Waals surface area contributed by atoms with Gasteiger partial charge in [0.1, 0.15) is 17.3 Å². The molecule has 2 rings (SSSR count). The zero-order valence-corrected chi connectivity index (χ0v) is 13.7. The molecule has 0 spiro atoms. The van der Waals surface area contributed by atoms with E-state index in [9.17, 15) is 4.79 Å². The number of rotatable bonds is 7. The summed E-state index contributed by atoms with van der Waals surface area (Å²) in [6, 6.07) is 5.83. The van der Waals surface area contributed by atoms with Crippen molar-refractivity contribution in [3.05, 3.63) is 41.9 Å². The Morgan fingerprint density at radius 1 is 1.26 bits per heavy atom. The summed E-state index contributed by atoms with van der Waals surface area (Å²) in [5.41, 5.74) is 2.22. The Hall–Kier alpha value is -2.63. The molecule has 2 N–H and O–H groups in total. The number of amides is 1. The number of ether oxygens (including phenoxy) is 1. The Bertz CT molecular complexity index is 656. The van der Waals surface area contributed by atoms with E-state index in [0.29, 0.717) is 18.1 Å². The Morgan fingerprint density at radius 2 is 2.09 bits per heavy atom. The number of unbranched alkanes of at least 4 members (excludes halogenated alkanes) is 1. The minimum Gasteiger partial charge on any atom is -0.495 e. The van der Waals surface area contributed by atoms with Crippen LogP contribution in [0.2, 0.25) is 0 Å². The van der Waals surface area contributed by atoms with Gasteiger partial charge in [0.2, 0.25) is 0 Å². The maximum atomic E-state index is 11.9. The van der Waals surface area contributed by atoms with Gasteiger partial charge in [0.25, 0.3) is 5.91 Å². The van der Waals surface area contributed by atoms with Crippen LogP contribution in [0.15, 0.2) is 30.6 Å². The summed E-state index contributed by atoms with van der Waals surface area (Å²) < 4.78 is 5.31. The smallest absolute Gasteiger partial charge is 0.271 e. The summed E-state index contributed by atoms with van der Waals surface area (Å²) >= 11 is 0. The molecular formula is C17H22N4O2. The fourth-order valence-electron chi connectivity index (χ4n) is 2.04. The van der Waals surface area contributed by atoms with Gasteiger partial charge in [-0.2, -0.15) is 0 Å². The number of aryl methyl sites for hydroxylation is 1. The molecule has 0 bridgehead atoms. The van der Waals surface area contributed by atoms with Crippen molar-refractivity contribution in [1.29, 1.82) is 0 Å². The van der Waals surface area contributed by atoms with Crippen molar-refractivity contribution >= 4 is 17.4 Å². The van der Waals surface area contributed by atoms with Crippen LogP contribution in [0.1, 0.15) is 35.8 Å². The summed E-state index contributed by atoms with van der Waals surface area (Å²) in [4.78, 5) is 20.3. The maximum Gasteiger partial charge on any atom is 0.271 e. The van der Waals surface area contributed by atoms with E-state index >= 15 is 0 Å². The van der Waals surface area contributed by atoms with E-state index in [1.54, 1.807) is 7.11 Å². The third-order valence-corrected chi connectivity index (χ3v) is 3.32. The molecule has 1 aromatic carbocycles. The zero-order valence-electron chi connectivity index (χ0n) is 13.7. The number of nitrogens with zero attached hydrogens (tertiary/aromatic N) is 2. The fourth-order valence-corrected chi connectivity index (χ4v) is 2.04. The Balaban J connectivity index is 2.05. The number of carbonyl (C=O) groups excluding carboxylic acids is 1. The van der Waals surface area contributed by atoms with Crippen LogP contribution in [0, 0.1) is 6.92 Å². The molecule has 0 unspecified atom stereocenters. The van der Waals surface area contributed by atoms with Crippen molar-refractivity contribution in [3.63, 3.8) is 0 Å². The lowest BCUT2D eigenvalue weighted by molar-refractivity contribution is 0.0948. The van der Waals surface area contributed by atoms with Gasteiger partial charge >= 0.3 is 0 Å². The lowest BCUT2D eigenvalue weighted by Gasteiger charge is -2.11. The number of benzene rings is 1. The molecule has 0 aliphatic heterocycles.